The number of hydrogen-bond donors (Lipinski definition) is 1. The van der Waals surface area contributed by atoms with Crippen molar-refractivity contribution in [2.75, 3.05) is 0 Å². The van der Waals surface area contributed by atoms with Crippen molar-refractivity contribution in [1.82, 2.24) is 25.1 Å². The summed E-state index contributed by atoms with van der Waals surface area (Å²) in [5.74, 6) is 0.793. The number of aryl methyl sites for hydroxylation is 2. The van der Waals surface area contributed by atoms with Crippen LogP contribution in [0.4, 0.5) is 0 Å². The average molecular weight is 367 g/mol. The second kappa shape index (κ2) is 6.42. The molecule has 6 nitrogen and oxygen atoms in total. The molecule has 0 saturated carbocycles. The summed E-state index contributed by atoms with van der Waals surface area (Å²) in [5.41, 5.74) is 8.58. The summed E-state index contributed by atoms with van der Waals surface area (Å²) in [6.07, 6.45) is 7.10. The minimum Gasteiger partial charge on any atom is -0.361 e. The second-order valence-corrected chi connectivity index (χ2v) is 6.66. The first kappa shape index (κ1) is 16.4. The standard InChI is InChI=1S/C22H17N5O/c1-13-20(14(2)28-27-13)16-9-18(22-19(10-16)25-12-26-22)17-6-4-8-24-21(17)15-5-3-7-23-11-15/h3-12H,1-2H3,(H,25,26). The highest BCUT2D eigenvalue weighted by molar-refractivity contribution is 5.99. The van der Waals surface area contributed by atoms with Crippen molar-refractivity contribution in [1.29, 1.82) is 0 Å². The third kappa shape index (κ3) is 2.58. The van der Waals surface area contributed by atoms with Crippen molar-refractivity contribution >= 4 is 11.0 Å². The van der Waals surface area contributed by atoms with Crippen LogP contribution < -0.4 is 0 Å². The molecule has 136 valence electrons. The van der Waals surface area contributed by atoms with Crippen LogP contribution in [0.5, 0.6) is 0 Å². The minimum atomic E-state index is 0.793. The van der Waals surface area contributed by atoms with Gasteiger partial charge >= 0.3 is 0 Å². The maximum atomic E-state index is 5.39. The molecule has 0 spiro atoms. The Morgan fingerprint density at radius 3 is 2.61 bits per heavy atom. The topological polar surface area (TPSA) is 80.5 Å². The molecule has 6 heteroatoms. The van der Waals surface area contributed by atoms with Gasteiger partial charge in [-0.3, -0.25) is 9.97 Å². The molecule has 4 heterocycles. The molecule has 28 heavy (non-hydrogen) atoms. The molecule has 0 aliphatic rings. The van der Waals surface area contributed by atoms with Gasteiger partial charge in [-0.1, -0.05) is 11.2 Å². The molecule has 0 saturated heterocycles. The molecule has 0 unspecified atom stereocenters. The second-order valence-electron chi connectivity index (χ2n) is 6.66. The summed E-state index contributed by atoms with van der Waals surface area (Å²) >= 11 is 0. The number of H-pyrrole nitrogens is 1. The molecule has 0 atom stereocenters. The van der Waals surface area contributed by atoms with Gasteiger partial charge in [0.1, 0.15) is 5.76 Å². The molecular formula is C22H17N5O. The Balaban J connectivity index is 1.81. The molecule has 0 fully saturated rings. The van der Waals surface area contributed by atoms with Crippen LogP contribution in [0.1, 0.15) is 11.5 Å². The zero-order chi connectivity index (χ0) is 19.1. The largest absolute Gasteiger partial charge is 0.361 e. The number of pyridine rings is 2. The van der Waals surface area contributed by atoms with Crippen LogP contribution in [0.3, 0.4) is 0 Å². The smallest absolute Gasteiger partial charge is 0.141 e. The number of nitrogens with one attached hydrogen (secondary N) is 1. The maximum Gasteiger partial charge on any atom is 0.141 e. The monoisotopic (exact) mass is 367 g/mol. The Morgan fingerprint density at radius 2 is 1.82 bits per heavy atom. The van der Waals surface area contributed by atoms with E-state index in [1.54, 1.807) is 18.7 Å². The van der Waals surface area contributed by atoms with E-state index in [0.29, 0.717) is 0 Å². The van der Waals surface area contributed by atoms with Crippen LogP contribution in [0.2, 0.25) is 0 Å². The van der Waals surface area contributed by atoms with E-state index in [0.717, 1.165) is 56.0 Å². The van der Waals surface area contributed by atoms with Gasteiger partial charge in [-0.05, 0) is 49.7 Å². The SMILES string of the molecule is Cc1noc(C)c1-c1cc(-c2cccnc2-c2cccnc2)c2nc[nH]c2c1. The van der Waals surface area contributed by atoms with Gasteiger partial charge in [0.2, 0.25) is 0 Å². The van der Waals surface area contributed by atoms with Gasteiger partial charge in [0, 0.05) is 40.8 Å². The number of nitrogens with zero attached hydrogens (tertiary/aromatic N) is 4. The number of benzene rings is 1. The first-order valence-electron chi connectivity index (χ1n) is 8.98. The highest BCUT2D eigenvalue weighted by atomic mass is 16.5. The first-order chi connectivity index (χ1) is 13.7. The van der Waals surface area contributed by atoms with Crippen LogP contribution in [0.25, 0.3) is 44.5 Å². The fourth-order valence-electron chi connectivity index (χ4n) is 3.65. The lowest BCUT2D eigenvalue weighted by molar-refractivity contribution is 0.393. The Morgan fingerprint density at radius 1 is 0.929 bits per heavy atom. The molecule has 0 amide bonds. The number of fused-ring (bicyclic) bond motifs is 1. The van der Waals surface area contributed by atoms with Crippen molar-refractivity contribution < 1.29 is 4.52 Å². The summed E-state index contributed by atoms with van der Waals surface area (Å²) in [4.78, 5) is 16.7. The van der Waals surface area contributed by atoms with Crippen molar-refractivity contribution in [2.45, 2.75) is 13.8 Å². The molecule has 0 bridgehead atoms. The molecule has 4 aromatic heterocycles. The summed E-state index contributed by atoms with van der Waals surface area (Å²) in [6.45, 7) is 3.88. The third-order valence-corrected chi connectivity index (χ3v) is 4.88. The van der Waals surface area contributed by atoms with Crippen molar-refractivity contribution in [3.8, 4) is 33.5 Å². The molecule has 0 radical (unpaired) electrons. The van der Waals surface area contributed by atoms with Gasteiger partial charge in [-0.15, -0.1) is 0 Å². The summed E-state index contributed by atoms with van der Waals surface area (Å²) in [5, 5.41) is 4.11. The van der Waals surface area contributed by atoms with E-state index in [1.165, 1.54) is 0 Å². The maximum absolute atomic E-state index is 5.39. The highest BCUT2D eigenvalue weighted by Crippen LogP contribution is 2.38. The number of hydrogen-bond acceptors (Lipinski definition) is 5. The van der Waals surface area contributed by atoms with Gasteiger partial charge in [-0.2, -0.15) is 0 Å². The van der Waals surface area contributed by atoms with Crippen molar-refractivity contribution in [3.05, 3.63) is 72.8 Å². The van der Waals surface area contributed by atoms with Crippen LogP contribution in [0, 0.1) is 13.8 Å². The number of rotatable bonds is 3. The fourth-order valence-corrected chi connectivity index (χ4v) is 3.65. The lowest BCUT2D eigenvalue weighted by Crippen LogP contribution is -1.92. The Hall–Kier alpha value is -3.80. The van der Waals surface area contributed by atoms with Gasteiger partial charge in [0.15, 0.2) is 0 Å². The summed E-state index contributed by atoms with van der Waals surface area (Å²) in [6, 6.07) is 12.1. The first-order valence-corrected chi connectivity index (χ1v) is 8.98. The number of imidazole rings is 1. The van der Waals surface area contributed by atoms with Crippen LogP contribution >= 0.6 is 0 Å². The molecular weight excluding hydrogens is 350 g/mol. The quantitative estimate of drug-likeness (QED) is 0.487. The molecule has 1 N–H and O–H groups in total. The summed E-state index contributed by atoms with van der Waals surface area (Å²) < 4.78 is 5.39. The van der Waals surface area contributed by atoms with E-state index in [9.17, 15) is 0 Å². The molecule has 0 aliphatic heterocycles. The normalized spacial score (nSPS) is 11.2. The molecule has 5 aromatic rings. The third-order valence-electron chi connectivity index (χ3n) is 4.88. The van der Waals surface area contributed by atoms with Crippen molar-refractivity contribution in [2.24, 2.45) is 0 Å². The Kier molecular flexibility index (Phi) is 3.76. The average Bonchev–Trinajstić information content (AvgIpc) is 3.34. The zero-order valence-corrected chi connectivity index (χ0v) is 15.5. The van der Waals surface area contributed by atoms with E-state index in [4.69, 9.17) is 4.52 Å². The fraction of sp³-hybridized carbons (Fsp3) is 0.0909. The Bertz CT molecular complexity index is 1270. The number of aromatic amines is 1. The van der Waals surface area contributed by atoms with E-state index in [-0.39, 0.29) is 0 Å². The van der Waals surface area contributed by atoms with E-state index in [2.05, 4.69) is 43.3 Å². The predicted molar refractivity (Wildman–Crippen MR) is 108 cm³/mol. The van der Waals surface area contributed by atoms with Crippen LogP contribution in [-0.4, -0.2) is 25.1 Å². The van der Waals surface area contributed by atoms with E-state index in [1.807, 2.05) is 38.2 Å². The zero-order valence-electron chi connectivity index (χ0n) is 15.5. The van der Waals surface area contributed by atoms with Gasteiger partial charge in [0.25, 0.3) is 0 Å². The van der Waals surface area contributed by atoms with Gasteiger partial charge in [-0.25, -0.2) is 4.98 Å². The van der Waals surface area contributed by atoms with E-state index >= 15 is 0 Å². The summed E-state index contributed by atoms with van der Waals surface area (Å²) in [7, 11) is 0. The van der Waals surface area contributed by atoms with Crippen LogP contribution in [0.15, 0.2) is 65.8 Å². The lowest BCUT2D eigenvalue weighted by Gasteiger charge is -2.11. The molecule has 0 aliphatic carbocycles. The van der Waals surface area contributed by atoms with Crippen molar-refractivity contribution in [3.63, 3.8) is 0 Å². The van der Waals surface area contributed by atoms with Gasteiger partial charge in [0.05, 0.1) is 28.7 Å². The highest BCUT2D eigenvalue weighted by Gasteiger charge is 2.18. The lowest BCUT2D eigenvalue weighted by atomic mass is 9.94. The predicted octanol–water partition coefficient (Wildman–Crippen LogP) is 4.96. The number of aromatic nitrogens is 5. The molecule has 1 aromatic carbocycles. The van der Waals surface area contributed by atoms with E-state index < -0.39 is 0 Å². The molecule has 5 rings (SSSR count). The van der Waals surface area contributed by atoms with Gasteiger partial charge < -0.3 is 9.51 Å². The van der Waals surface area contributed by atoms with Crippen LogP contribution in [-0.2, 0) is 0 Å². The Labute approximate surface area is 161 Å². The minimum absolute atomic E-state index is 0.793.